The van der Waals surface area contributed by atoms with E-state index in [0.29, 0.717) is 6.04 Å². The van der Waals surface area contributed by atoms with Gasteiger partial charge in [-0.25, -0.2) is 9.97 Å². The molecule has 2 rings (SSSR count). The van der Waals surface area contributed by atoms with E-state index in [0.717, 1.165) is 23.6 Å². The first kappa shape index (κ1) is 11.7. The van der Waals surface area contributed by atoms with Crippen molar-refractivity contribution in [3.05, 3.63) is 48.3 Å². The predicted molar refractivity (Wildman–Crippen MR) is 69.4 cm³/mol. The summed E-state index contributed by atoms with van der Waals surface area (Å²) in [5.74, 6) is 0.786. The van der Waals surface area contributed by atoms with Gasteiger partial charge < -0.3 is 5.32 Å². The van der Waals surface area contributed by atoms with Crippen molar-refractivity contribution in [1.82, 2.24) is 15.3 Å². The fourth-order valence-electron chi connectivity index (χ4n) is 1.53. The number of hydrogen-bond donors (Lipinski definition) is 1. The molecule has 0 unspecified atom stereocenters. The summed E-state index contributed by atoms with van der Waals surface area (Å²) in [5, 5.41) is 3.35. The van der Waals surface area contributed by atoms with Crippen molar-refractivity contribution < 1.29 is 0 Å². The van der Waals surface area contributed by atoms with Crippen molar-refractivity contribution >= 4 is 0 Å². The molecule has 0 aliphatic carbocycles. The molecule has 0 bridgehead atoms. The molecular formula is C14H17N3. The molecule has 17 heavy (non-hydrogen) atoms. The SMILES string of the molecule is CC(C)NCc1ccnc(-c2ccccc2)n1. The van der Waals surface area contributed by atoms with E-state index < -0.39 is 0 Å². The lowest BCUT2D eigenvalue weighted by Gasteiger charge is -2.08. The van der Waals surface area contributed by atoms with Crippen LogP contribution in [0.1, 0.15) is 19.5 Å². The Balaban J connectivity index is 2.17. The van der Waals surface area contributed by atoms with Gasteiger partial charge in [-0.3, -0.25) is 0 Å². The molecule has 3 nitrogen and oxygen atoms in total. The van der Waals surface area contributed by atoms with Crippen LogP contribution in [-0.2, 0) is 6.54 Å². The number of benzene rings is 1. The number of rotatable bonds is 4. The van der Waals surface area contributed by atoms with E-state index in [9.17, 15) is 0 Å². The highest BCUT2D eigenvalue weighted by atomic mass is 14.9. The molecule has 0 saturated carbocycles. The molecule has 0 aliphatic rings. The highest BCUT2D eigenvalue weighted by molar-refractivity contribution is 5.54. The molecule has 1 N–H and O–H groups in total. The van der Waals surface area contributed by atoms with Crippen LogP contribution in [0.15, 0.2) is 42.6 Å². The maximum absolute atomic E-state index is 4.54. The van der Waals surface area contributed by atoms with E-state index in [1.54, 1.807) is 0 Å². The maximum atomic E-state index is 4.54. The fourth-order valence-corrected chi connectivity index (χ4v) is 1.53. The van der Waals surface area contributed by atoms with E-state index in [1.165, 1.54) is 0 Å². The minimum atomic E-state index is 0.463. The summed E-state index contributed by atoms with van der Waals surface area (Å²) < 4.78 is 0. The maximum Gasteiger partial charge on any atom is 0.159 e. The van der Waals surface area contributed by atoms with Gasteiger partial charge >= 0.3 is 0 Å². The van der Waals surface area contributed by atoms with Crippen molar-refractivity contribution in [2.24, 2.45) is 0 Å². The molecule has 0 saturated heterocycles. The summed E-state index contributed by atoms with van der Waals surface area (Å²) >= 11 is 0. The molecule has 1 aromatic heterocycles. The zero-order chi connectivity index (χ0) is 12.1. The van der Waals surface area contributed by atoms with Crippen LogP contribution >= 0.6 is 0 Å². The average Bonchev–Trinajstić information content (AvgIpc) is 2.38. The second kappa shape index (κ2) is 5.55. The number of aromatic nitrogens is 2. The largest absolute Gasteiger partial charge is 0.309 e. The third kappa shape index (κ3) is 3.36. The Labute approximate surface area is 102 Å². The van der Waals surface area contributed by atoms with Gasteiger partial charge in [0.15, 0.2) is 5.82 Å². The smallest absolute Gasteiger partial charge is 0.159 e. The molecule has 0 radical (unpaired) electrons. The third-order valence-electron chi connectivity index (χ3n) is 2.44. The van der Waals surface area contributed by atoms with Crippen LogP contribution in [0.4, 0.5) is 0 Å². The minimum absolute atomic E-state index is 0.463. The third-order valence-corrected chi connectivity index (χ3v) is 2.44. The van der Waals surface area contributed by atoms with Crippen molar-refractivity contribution in [1.29, 1.82) is 0 Å². The second-order valence-electron chi connectivity index (χ2n) is 4.27. The van der Waals surface area contributed by atoms with Crippen LogP contribution in [0.3, 0.4) is 0 Å². The molecule has 0 atom stereocenters. The monoisotopic (exact) mass is 227 g/mol. The van der Waals surface area contributed by atoms with E-state index in [2.05, 4.69) is 29.1 Å². The normalized spacial score (nSPS) is 10.8. The highest BCUT2D eigenvalue weighted by Crippen LogP contribution is 2.13. The summed E-state index contributed by atoms with van der Waals surface area (Å²) in [6.45, 7) is 5.03. The van der Waals surface area contributed by atoms with Gasteiger partial charge in [-0.1, -0.05) is 44.2 Å². The average molecular weight is 227 g/mol. The van der Waals surface area contributed by atoms with Crippen LogP contribution in [0, 0.1) is 0 Å². The van der Waals surface area contributed by atoms with Crippen molar-refractivity contribution in [3.8, 4) is 11.4 Å². The molecule has 3 heteroatoms. The first-order valence-electron chi connectivity index (χ1n) is 5.86. The molecule has 1 heterocycles. The van der Waals surface area contributed by atoms with Crippen molar-refractivity contribution in [2.75, 3.05) is 0 Å². The Bertz CT molecular complexity index is 466. The molecular weight excluding hydrogens is 210 g/mol. The molecule has 1 aromatic carbocycles. The van der Waals surface area contributed by atoms with Gasteiger partial charge in [0, 0.05) is 24.3 Å². The lowest BCUT2D eigenvalue weighted by Crippen LogP contribution is -2.22. The quantitative estimate of drug-likeness (QED) is 0.872. The Hall–Kier alpha value is -1.74. The van der Waals surface area contributed by atoms with Crippen LogP contribution in [0.25, 0.3) is 11.4 Å². The van der Waals surface area contributed by atoms with Crippen molar-refractivity contribution in [3.63, 3.8) is 0 Å². The molecule has 0 fully saturated rings. The van der Waals surface area contributed by atoms with Gasteiger partial charge in [0.2, 0.25) is 0 Å². The molecule has 2 aromatic rings. The van der Waals surface area contributed by atoms with Gasteiger partial charge in [0.1, 0.15) is 0 Å². The Morgan fingerprint density at radius 1 is 1.12 bits per heavy atom. The lowest BCUT2D eigenvalue weighted by molar-refractivity contribution is 0.581. The topological polar surface area (TPSA) is 37.8 Å². The minimum Gasteiger partial charge on any atom is -0.309 e. The summed E-state index contributed by atoms with van der Waals surface area (Å²) in [5.41, 5.74) is 2.08. The van der Waals surface area contributed by atoms with Gasteiger partial charge in [-0.2, -0.15) is 0 Å². The number of hydrogen-bond acceptors (Lipinski definition) is 3. The van der Waals surface area contributed by atoms with Gasteiger partial charge in [-0.15, -0.1) is 0 Å². The number of nitrogens with zero attached hydrogens (tertiary/aromatic N) is 2. The van der Waals surface area contributed by atoms with Crippen molar-refractivity contribution in [2.45, 2.75) is 26.4 Å². The Kier molecular flexibility index (Phi) is 3.83. The first-order valence-corrected chi connectivity index (χ1v) is 5.86. The van der Waals surface area contributed by atoms with Gasteiger partial charge in [0.05, 0.1) is 5.69 Å². The summed E-state index contributed by atoms with van der Waals surface area (Å²) in [6.07, 6.45) is 1.81. The number of nitrogens with one attached hydrogen (secondary N) is 1. The summed E-state index contributed by atoms with van der Waals surface area (Å²) in [4.78, 5) is 8.84. The van der Waals surface area contributed by atoms with Crippen LogP contribution < -0.4 is 5.32 Å². The van der Waals surface area contributed by atoms with Gasteiger partial charge in [-0.05, 0) is 6.07 Å². The van der Waals surface area contributed by atoms with Crippen LogP contribution in [-0.4, -0.2) is 16.0 Å². The molecule has 0 amide bonds. The van der Waals surface area contributed by atoms with E-state index >= 15 is 0 Å². The molecule has 0 spiro atoms. The van der Waals surface area contributed by atoms with Gasteiger partial charge in [0.25, 0.3) is 0 Å². The zero-order valence-electron chi connectivity index (χ0n) is 10.2. The first-order chi connectivity index (χ1) is 8.25. The zero-order valence-corrected chi connectivity index (χ0v) is 10.2. The Morgan fingerprint density at radius 3 is 2.59 bits per heavy atom. The predicted octanol–water partition coefficient (Wildman–Crippen LogP) is 2.64. The summed E-state index contributed by atoms with van der Waals surface area (Å²) in [7, 11) is 0. The second-order valence-corrected chi connectivity index (χ2v) is 4.27. The molecule has 88 valence electrons. The standard InChI is InChI=1S/C14H17N3/c1-11(2)16-10-13-8-9-15-14(17-13)12-6-4-3-5-7-12/h3-9,11,16H,10H2,1-2H3. The van der Waals surface area contributed by atoms with E-state index in [-0.39, 0.29) is 0 Å². The fraction of sp³-hybridized carbons (Fsp3) is 0.286. The Morgan fingerprint density at radius 2 is 1.88 bits per heavy atom. The lowest BCUT2D eigenvalue weighted by atomic mass is 10.2. The highest BCUT2D eigenvalue weighted by Gasteiger charge is 2.02. The van der Waals surface area contributed by atoms with E-state index in [1.807, 2.05) is 42.6 Å². The van der Waals surface area contributed by atoms with Crippen LogP contribution in [0.2, 0.25) is 0 Å². The van der Waals surface area contributed by atoms with Crippen LogP contribution in [0.5, 0.6) is 0 Å². The molecule has 0 aliphatic heterocycles. The van der Waals surface area contributed by atoms with E-state index in [4.69, 9.17) is 0 Å². The summed E-state index contributed by atoms with van der Waals surface area (Å²) in [6, 6.07) is 12.4.